The van der Waals surface area contributed by atoms with Gasteiger partial charge >= 0.3 is 0 Å². The third-order valence-corrected chi connectivity index (χ3v) is 4.14. The normalized spacial score (nSPS) is 11.1. The number of hydrogen-bond acceptors (Lipinski definition) is 4. The highest BCUT2D eigenvalue weighted by Crippen LogP contribution is 2.29. The molecule has 0 bridgehead atoms. The lowest BCUT2D eigenvalue weighted by Gasteiger charge is -2.02. The Labute approximate surface area is 121 Å². The first-order chi connectivity index (χ1) is 8.63. The molecule has 0 saturated carbocycles. The molecule has 0 fully saturated rings. The standard InChI is InChI=1S/C12H7BrClN3S/c1-6-15-5-10(18-6)12-16-9-4-7(13)2-3-8(9)11(14)17-12/h2-5H,1H3. The summed E-state index contributed by atoms with van der Waals surface area (Å²) in [5.74, 6) is 0.621. The zero-order valence-corrected chi connectivity index (χ0v) is 12.5. The summed E-state index contributed by atoms with van der Waals surface area (Å²) >= 11 is 11.2. The molecule has 0 aliphatic heterocycles. The van der Waals surface area contributed by atoms with Crippen LogP contribution in [0.1, 0.15) is 5.01 Å². The molecular formula is C12H7BrClN3S. The minimum atomic E-state index is 0.466. The highest BCUT2D eigenvalue weighted by molar-refractivity contribution is 9.10. The molecule has 3 nitrogen and oxygen atoms in total. The Bertz CT molecular complexity index is 741. The smallest absolute Gasteiger partial charge is 0.173 e. The lowest BCUT2D eigenvalue weighted by molar-refractivity contribution is 1.23. The van der Waals surface area contributed by atoms with Gasteiger partial charge in [0.1, 0.15) is 5.15 Å². The molecule has 1 aromatic carbocycles. The summed E-state index contributed by atoms with van der Waals surface area (Å²) in [6, 6.07) is 5.76. The van der Waals surface area contributed by atoms with E-state index in [1.165, 1.54) is 0 Å². The molecule has 90 valence electrons. The van der Waals surface area contributed by atoms with Gasteiger partial charge in [-0.25, -0.2) is 15.0 Å². The van der Waals surface area contributed by atoms with E-state index in [0.29, 0.717) is 11.0 Å². The first-order valence-electron chi connectivity index (χ1n) is 5.19. The molecule has 6 heteroatoms. The number of halogens is 2. The average molecular weight is 341 g/mol. The van der Waals surface area contributed by atoms with Gasteiger partial charge in [0.25, 0.3) is 0 Å². The first kappa shape index (κ1) is 12.0. The van der Waals surface area contributed by atoms with E-state index in [1.54, 1.807) is 17.5 Å². The molecule has 0 atom stereocenters. The van der Waals surface area contributed by atoms with Crippen LogP contribution in [0.2, 0.25) is 5.15 Å². The van der Waals surface area contributed by atoms with Gasteiger partial charge < -0.3 is 0 Å². The summed E-state index contributed by atoms with van der Waals surface area (Å²) in [5, 5.41) is 2.30. The summed E-state index contributed by atoms with van der Waals surface area (Å²) in [7, 11) is 0. The Morgan fingerprint density at radius 3 is 2.83 bits per heavy atom. The van der Waals surface area contributed by atoms with E-state index in [4.69, 9.17) is 11.6 Å². The second kappa shape index (κ2) is 4.57. The summed E-state index contributed by atoms with van der Waals surface area (Å²) in [6.07, 6.45) is 1.77. The number of benzene rings is 1. The van der Waals surface area contributed by atoms with Gasteiger partial charge in [0, 0.05) is 16.1 Å². The Kier molecular flexibility index (Phi) is 3.05. The van der Waals surface area contributed by atoms with E-state index in [9.17, 15) is 0 Å². The third kappa shape index (κ3) is 2.13. The molecule has 3 rings (SSSR count). The molecule has 18 heavy (non-hydrogen) atoms. The number of rotatable bonds is 1. The van der Waals surface area contributed by atoms with E-state index < -0.39 is 0 Å². The van der Waals surface area contributed by atoms with Crippen LogP contribution in [0, 0.1) is 6.92 Å². The Balaban J connectivity index is 2.26. The molecule has 2 aromatic heterocycles. The van der Waals surface area contributed by atoms with Crippen LogP contribution < -0.4 is 0 Å². The second-order valence-corrected chi connectivity index (χ2v) is 6.25. The van der Waals surface area contributed by atoms with Crippen molar-refractivity contribution in [1.82, 2.24) is 15.0 Å². The zero-order chi connectivity index (χ0) is 12.7. The van der Waals surface area contributed by atoms with Gasteiger partial charge in [-0.15, -0.1) is 11.3 Å². The van der Waals surface area contributed by atoms with Crippen LogP contribution in [0.5, 0.6) is 0 Å². The van der Waals surface area contributed by atoms with Gasteiger partial charge in [-0.2, -0.15) is 0 Å². The van der Waals surface area contributed by atoms with Crippen LogP contribution in [0.3, 0.4) is 0 Å². The topological polar surface area (TPSA) is 38.7 Å². The van der Waals surface area contributed by atoms with E-state index >= 15 is 0 Å². The second-order valence-electron chi connectivity index (χ2n) is 3.74. The maximum atomic E-state index is 6.19. The number of nitrogens with zero attached hydrogens (tertiary/aromatic N) is 3. The highest BCUT2D eigenvalue weighted by Gasteiger charge is 2.10. The highest BCUT2D eigenvalue weighted by atomic mass is 79.9. The van der Waals surface area contributed by atoms with Crippen LogP contribution in [0.15, 0.2) is 28.9 Å². The molecule has 0 aliphatic carbocycles. The van der Waals surface area contributed by atoms with Crippen molar-refractivity contribution < 1.29 is 0 Å². The monoisotopic (exact) mass is 339 g/mol. The average Bonchev–Trinajstić information content (AvgIpc) is 2.75. The van der Waals surface area contributed by atoms with Crippen molar-refractivity contribution in [1.29, 1.82) is 0 Å². The molecule has 0 spiro atoms. The summed E-state index contributed by atoms with van der Waals surface area (Å²) < 4.78 is 0.969. The SMILES string of the molecule is Cc1ncc(-c2nc(Cl)c3ccc(Br)cc3n2)s1. The molecule has 0 aliphatic rings. The Hall–Kier alpha value is -1.04. The van der Waals surface area contributed by atoms with Gasteiger partial charge in [-0.05, 0) is 25.1 Å². The van der Waals surface area contributed by atoms with Crippen molar-refractivity contribution >= 4 is 49.8 Å². The van der Waals surface area contributed by atoms with Crippen LogP contribution in [0.4, 0.5) is 0 Å². The number of thiazole rings is 1. The van der Waals surface area contributed by atoms with Crippen molar-refractivity contribution in [2.75, 3.05) is 0 Å². The fraction of sp³-hybridized carbons (Fsp3) is 0.0833. The molecule has 3 aromatic rings. The summed E-state index contributed by atoms with van der Waals surface area (Å²) in [6.45, 7) is 1.95. The van der Waals surface area contributed by atoms with Gasteiger partial charge in [0.2, 0.25) is 0 Å². The van der Waals surface area contributed by atoms with Crippen LogP contribution in [0.25, 0.3) is 21.6 Å². The molecule has 0 saturated heterocycles. The van der Waals surface area contributed by atoms with Crippen LogP contribution >= 0.6 is 38.9 Å². The minimum Gasteiger partial charge on any atom is -0.249 e. The molecule has 0 N–H and O–H groups in total. The number of hydrogen-bond donors (Lipinski definition) is 0. The maximum Gasteiger partial charge on any atom is 0.173 e. The first-order valence-corrected chi connectivity index (χ1v) is 7.18. The quantitative estimate of drug-likeness (QED) is 0.613. The lowest BCUT2D eigenvalue weighted by atomic mass is 10.2. The van der Waals surface area contributed by atoms with Crippen LogP contribution in [-0.2, 0) is 0 Å². The zero-order valence-electron chi connectivity index (χ0n) is 9.32. The minimum absolute atomic E-state index is 0.466. The largest absolute Gasteiger partial charge is 0.249 e. The number of aromatic nitrogens is 3. The summed E-state index contributed by atoms with van der Waals surface area (Å²) in [4.78, 5) is 14.0. The number of aryl methyl sites for hydroxylation is 1. The predicted molar refractivity (Wildman–Crippen MR) is 78.1 cm³/mol. The van der Waals surface area contributed by atoms with Gasteiger partial charge in [0.05, 0.1) is 15.4 Å². The van der Waals surface area contributed by atoms with E-state index in [2.05, 4.69) is 30.9 Å². The Morgan fingerprint density at radius 1 is 1.28 bits per heavy atom. The molecular weight excluding hydrogens is 334 g/mol. The molecule has 0 radical (unpaired) electrons. The Morgan fingerprint density at radius 2 is 2.11 bits per heavy atom. The van der Waals surface area contributed by atoms with Gasteiger partial charge in [-0.3, -0.25) is 0 Å². The lowest BCUT2D eigenvalue weighted by Crippen LogP contribution is -1.90. The van der Waals surface area contributed by atoms with Crippen molar-refractivity contribution in [3.8, 4) is 10.7 Å². The van der Waals surface area contributed by atoms with Crippen molar-refractivity contribution in [2.24, 2.45) is 0 Å². The molecule has 2 heterocycles. The summed E-state index contributed by atoms with van der Waals surface area (Å²) in [5.41, 5.74) is 0.824. The van der Waals surface area contributed by atoms with E-state index in [1.807, 2.05) is 25.1 Å². The van der Waals surface area contributed by atoms with Crippen molar-refractivity contribution in [3.05, 3.63) is 39.0 Å². The predicted octanol–water partition coefficient (Wildman–Crippen LogP) is 4.48. The fourth-order valence-electron chi connectivity index (χ4n) is 1.64. The molecule has 0 unspecified atom stereocenters. The maximum absolute atomic E-state index is 6.19. The van der Waals surface area contributed by atoms with Gasteiger partial charge in [-0.1, -0.05) is 27.5 Å². The van der Waals surface area contributed by atoms with Gasteiger partial charge in [0.15, 0.2) is 5.82 Å². The molecule has 0 amide bonds. The fourth-order valence-corrected chi connectivity index (χ4v) is 2.94. The van der Waals surface area contributed by atoms with Crippen LogP contribution in [-0.4, -0.2) is 15.0 Å². The third-order valence-electron chi connectivity index (χ3n) is 2.45. The van der Waals surface area contributed by atoms with E-state index in [-0.39, 0.29) is 0 Å². The van der Waals surface area contributed by atoms with Crippen molar-refractivity contribution in [2.45, 2.75) is 6.92 Å². The van der Waals surface area contributed by atoms with E-state index in [0.717, 1.165) is 25.3 Å². The van der Waals surface area contributed by atoms with Crippen molar-refractivity contribution in [3.63, 3.8) is 0 Å². The number of fused-ring (bicyclic) bond motifs is 1.